The molecule has 0 saturated heterocycles. The third kappa shape index (κ3) is 3.92. The second-order valence-electron chi connectivity index (χ2n) is 7.64. The number of hydrogen-bond acceptors (Lipinski definition) is 5. The van der Waals surface area contributed by atoms with Crippen LogP contribution in [0.5, 0.6) is 0 Å². The zero-order chi connectivity index (χ0) is 22.1. The van der Waals surface area contributed by atoms with Gasteiger partial charge >= 0.3 is 0 Å². The van der Waals surface area contributed by atoms with E-state index in [0.717, 1.165) is 32.8 Å². The van der Waals surface area contributed by atoms with Gasteiger partial charge in [0.25, 0.3) is 0 Å². The molecule has 4 heterocycles. The minimum absolute atomic E-state index is 0.0653. The number of pyridine rings is 1. The molecular formula is C24H22N6OS. The lowest BCUT2D eigenvalue weighted by Crippen LogP contribution is -2.20. The van der Waals surface area contributed by atoms with Crippen molar-refractivity contribution in [3.63, 3.8) is 0 Å². The number of amides is 1. The highest BCUT2D eigenvalue weighted by Crippen LogP contribution is 2.32. The fourth-order valence-corrected chi connectivity index (χ4v) is 4.59. The van der Waals surface area contributed by atoms with Gasteiger partial charge in [-0.05, 0) is 36.9 Å². The second-order valence-corrected chi connectivity index (χ2v) is 8.59. The van der Waals surface area contributed by atoms with E-state index in [1.54, 1.807) is 22.2 Å². The van der Waals surface area contributed by atoms with Crippen molar-refractivity contribution >= 4 is 34.1 Å². The molecule has 0 aliphatic rings. The number of aromatic nitrogens is 5. The molecule has 32 heavy (non-hydrogen) atoms. The number of benzene rings is 1. The number of nitrogens with zero attached hydrogens (tertiary/aromatic N) is 5. The molecule has 7 nitrogen and oxygen atoms in total. The van der Waals surface area contributed by atoms with Gasteiger partial charge in [-0.3, -0.25) is 9.48 Å². The Balaban J connectivity index is 1.35. The van der Waals surface area contributed by atoms with Crippen molar-refractivity contribution in [3.8, 4) is 10.4 Å². The van der Waals surface area contributed by atoms with E-state index in [1.807, 2.05) is 60.3 Å². The van der Waals surface area contributed by atoms with Crippen LogP contribution in [0.25, 0.3) is 21.5 Å². The number of nitrogens with one attached hydrogen (secondary N) is 1. The first-order valence-electron chi connectivity index (χ1n) is 10.3. The molecule has 1 aromatic carbocycles. The molecule has 0 bridgehead atoms. The van der Waals surface area contributed by atoms with Crippen molar-refractivity contribution in [1.29, 1.82) is 0 Å². The van der Waals surface area contributed by atoms with Gasteiger partial charge in [-0.1, -0.05) is 36.4 Å². The number of carbonyl (C=O) groups is 1. The lowest BCUT2D eigenvalue weighted by molar-refractivity contribution is -0.116. The maximum absolute atomic E-state index is 12.8. The number of anilines is 1. The van der Waals surface area contributed by atoms with Gasteiger partial charge in [0, 0.05) is 28.4 Å². The van der Waals surface area contributed by atoms with Crippen molar-refractivity contribution in [2.45, 2.75) is 26.9 Å². The summed E-state index contributed by atoms with van der Waals surface area (Å²) in [5, 5.41) is 15.1. The van der Waals surface area contributed by atoms with Crippen LogP contribution in [-0.4, -0.2) is 30.5 Å². The Labute approximate surface area is 189 Å². The average Bonchev–Trinajstić information content (AvgIpc) is 3.50. The first kappa shape index (κ1) is 20.1. The summed E-state index contributed by atoms with van der Waals surface area (Å²) in [6, 6.07) is 18.1. The molecule has 1 amide bonds. The Hall–Kier alpha value is -3.78. The van der Waals surface area contributed by atoms with Crippen LogP contribution in [0, 0.1) is 13.8 Å². The summed E-state index contributed by atoms with van der Waals surface area (Å²) in [6.07, 6.45) is 1.77. The molecule has 5 rings (SSSR count). The molecule has 0 saturated carbocycles. The maximum Gasteiger partial charge on any atom is 0.247 e. The predicted octanol–water partition coefficient (Wildman–Crippen LogP) is 4.66. The molecule has 1 N–H and O–H groups in total. The third-order valence-corrected chi connectivity index (χ3v) is 6.21. The van der Waals surface area contributed by atoms with Crippen molar-refractivity contribution in [1.82, 2.24) is 24.5 Å². The Bertz CT molecular complexity index is 1390. The Kier molecular flexibility index (Phi) is 5.28. The van der Waals surface area contributed by atoms with Crippen molar-refractivity contribution in [3.05, 3.63) is 83.1 Å². The maximum atomic E-state index is 12.8. The summed E-state index contributed by atoms with van der Waals surface area (Å²) in [7, 11) is 0. The van der Waals surface area contributed by atoms with Crippen LogP contribution in [0.1, 0.15) is 17.0 Å². The highest BCUT2D eigenvalue weighted by molar-refractivity contribution is 7.13. The van der Waals surface area contributed by atoms with Gasteiger partial charge in [0.15, 0.2) is 11.5 Å². The van der Waals surface area contributed by atoms with Gasteiger partial charge < -0.3 is 5.32 Å². The SMILES string of the molecule is Cc1nn(CC(=O)Nc2cc(C)n(Cc3ccccc3)n2)c2nccc(-c3cccs3)c12. The van der Waals surface area contributed by atoms with E-state index in [2.05, 4.69) is 38.7 Å². The minimum Gasteiger partial charge on any atom is -0.308 e. The largest absolute Gasteiger partial charge is 0.308 e. The van der Waals surface area contributed by atoms with E-state index in [9.17, 15) is 4.79 Å². The highest BCUT2D eigenvalue weighted by atomic mass is 32.1. The van der Waals surface area contributed by atoms with Crippen LogP contribution >= 0.6 is 11.3 Å². The molecule has 0 aliphatic heterocycles. The topological polar surface area (TPSA) is 77.6 Å². The zero-order valence-electron chi connectivity index (χ0n) is 17.8. The summed E-state index contributed by atoms with van der Waals surface area (Å²) >= 11 is 1.67. The van der Waals surface area contributed by atoms with E-state index < -0.39 is 0 Å². The molecule has 0 atom stereocenters. The van der Waals surface area contributed by atoms with E-state index in [1.165, 1.54) is 0 Å². The van der Waals surface area contributed by atoms with Crippen LogP contribution in [0.15, 0.2) is 66.2 Å². The molecule has 5 aromatic rings. The third-order valence-electron chi connectivity index (χ3n) is 5.31. The zero-order valence-corrected chi connectivity index (χ0v) is 18.6. The number of thiophene rings is 1. The van der Waals surface area contributed by atoms with Gasteiger partial charge in [0.05, 0.1) is 17.6 Å². The monoisotopic (exact) mass is 442 g/mol. The minimum atomic E-state index is -0.193. The quantitative estimate of drug-likeness (QED) is 0.415. The summed E-state index contributed by atoms with van der Waals surface area (Å²) in [4.78, 5) is 18.4. The molecular weight excluding hydrogens is 420 g/mol. The summed E-state index contributed by atoms with van der Waals surface area (Å²) in [6.45, 7) is 4.65. The standard InChI is InChI=1S/C24H22N6OS/c1-16-13-21(28-29(16)14-18-7-4-3-5-8-18)26-22(31)15-30-24-23(17(2)27-30)19(10-11-25-24)20-9-6-12-32-20/h3-13H,14-15H2,1-2H3,(H,26,28,31). The van der Waals surface area contributed by atoms with Gasteiger partial charge in [-0.25, -0.2) is 9.67 Å². The van der Waals surface area contributed by atoms with Crippen LogP contribution in [0.2, 0.25) is 0 Å². The first-order chi connectivity index (χ1) is 15.6. The van der Waals surface area contributed by atoms with E-state index in [-0.39, 0.29) is 12.5 Å². The molecule has 0 radical (unpaired) electrons. The lowest BCUT2D eigenvalue weighted by Gasteiger charge is -2.05. The normalized spacial score (nSPS) is 11.2. The molecule has 160 valence electrons. The number of rotatable bonds is 6. The Morgan fingerprint density at radius 3 is 2.66 bits per heavy atom. The summed E-state index contributed by atoms with van der Waals surface area (Å²) in [5.41, 5.74) is 4.78. The molecule has 0 aliphatic carbocycles. The van der Waals surface area contributed by atoms with Crippen LogP contribution in [-0.2, 0) is 17.9 Å². The van der Waals surface area contributed by atoms with E-state index in [4.69, 9.17) is 0 Å². The number of fused-ring (bicyclic) bond motifs is 1. The Morgan fingerprint density at radius 2 is 1.88 bits per heavy atom. The molecule has 0 spiro atoms. The van der Waals surface area contributed by atoms with E-state index in [0.29, 0.717) is 18.0 Å². The fourth-order valence-electron chi connectivity index (χ4n) is 3.84. The second kappa shape index (κ2) is 8.39. The van der Waals surface area contributed by atoms with Crippen molar-refractivity contribution in [2.24, 2.45) is 0 Å². The van der Waals surface area contributed by atoms with Gasteiger partial charge in [-0.2, -0.15) is 10.2 Å². The smallest absolute Gasteiger partial charge is 0.247 e. The summed E-state index contributed by atoms with van der Waals surface area (Å²) in [5.74, 6) is 0.339. The van der Waals surface area contributed by atoms with Gasteiger partial charge in [-0.15, -0.1) is 11.3 Å². The first-order valence-corrected chi connectivity index (χ1v) is 11.2. The van der Waals surface area contributed by atoms with E-state index >= 15 is 0 Å². The summed E-state index contributed by atoms with van der Waals surface area (Å²) < 4.78 is 3.54. The van der Waals surface area contributed by atoms with Crippen LogP contribution in [0.4, 0.5) is 5.82 Å². The molecule has 0 unspecified atom stereocenters. The number of hydrogen-bond donors (Lipinski definition) is 1. The number of carbonyl (C=O) groups excluding carboxylic acids is 1. The van der Waals surface area contributed by atoms with Crippen molar-refractivity contribution in [2.75, 3.05) is 5.32 Å². The molecule has 8 heteroatoms. The van der Waals surface area contributed by atoms with Gasteiger partial charge in [0.2, 0.25) is 5.91 Å². The van der Waals surface area contributed by atoms with Gasteiger partial charge in [0.1, 0.15) is 6.54 Å². The molecule has 4 aromatic heterocycles. The van der Waals surface area contributed by atoms with Crippen LogP contribution in [0.3, 0.4) is 0 Å². The van der Waals surface area contributed by atoms with Crippen molar-refractivity contribution < 1.29 is 4.79 Å². The highest BCUT2D eigenvalue weighted by Gasteiger charge is 2.17. The fraction of sp³-hybridized carbons (Fsp3) is 0.167. The number of aryl methyl sites for hydroxylation is 2. The lowest BCUT2D eigenvalue weighted by atomic mass is 10.1. The molecule has 0 fully saturated rings. The van der Waals surface area contributed by atoms with Crippen LogP contribution < -0.4 is 5.32 Å². The Morgan fingerprint density at radius 1 is 1.03 bits per heavy atom. The predicted molar refractivity (Wildman–Crippen MR) is 127 cm³/mol. The average molecular weight is 443 g/mol.